The van der Waals surface area contributed by atoms with E-state index in [1.165, 1.54) is 38.9 Å². The Balaban J connectivity index is 0.000000174. The van der Waals surface area contributed by atoms with E-state index in [1.54, 1.807) is 36.4 Å². The number of hydrogen-bond donors (Lipinski definition) is 3. The third kappa shape index (κ3) is 18.7. The molecule has 0 saturated heterocycles. The van der Waals surface area contributed by atoms with Gasteiger partial charge in [-0.15, -0.1) is 0 Å². The summed E-state index contributed by atoms with van der Waals surface area (Å²) < 4.78 is 2.95. The van der Waals surface area contributed by atoms with E-state index in [0.29, 0.717) is 50.4 Å². The SMILES string of the molecule is CC(C)(C)c1ccc(-c2cc(-c3ccc(Br)cc3)nc3ccc(-c4ccc5nc(-c6ccc(Br)cc6)cc(-c6ccc(C(C)(C)C)cc6)c5c4)cc23)cc1.CC(C)(C)c1ccc(C(=O)c2cc(-c3ccc(N)c(C(=O)c4ccc(C(C)(C)C)cc4)c3)ccc2N)cc1.CC(C)(C)c1ccc(C(=O)c2cc(Br)ccc2N)cc1. The molecule has 0 aliphatic carbocycles. The van der Waals surface area contributed by atoms with Gasteiger partial charge in [-0.3, -0.25) is 14.4 Å². The van der Waals surface area contributed by atoms with Crippen LogP contribution in [0.5, 0.6) is 0 Å². The molecule has 0 fully saturated rings. The molecule has 0 aliphatic rings. The molecule has 0 saturated carbocycles. The average Bonchev–Trinajstić information content (AvgIpc) is 0.760. The molecule has 6 N–H and O–H groups in total. The van der Waals surface area contributed by atoms with Gasteiger partial charge in [0.15, 0.2) is 17.3 Å². The molecule has 11 heteroatoms. The Labute approximate surface area is 685 Å². The van der Waals surface area contributed by atoms with Crippen LogP contribution in [0.25, 0.3) is 88.8 Å². The van der Waals surface area contributed by atoms with E-state index in [0.717, 1.165) is 91.1 Å². The summed E-state index contributed by atoms with van der Waals surface area (Å²) in [5.41, 5.74) is 43.8. The van der Waals surface area contributed by atoms with Gasteiger partial charge in [0.1, 0.15) is 0 Å². The van der Waals surface area contributed by atoms with Crippen molar-refractivity contribution in [3.05, 3.63) is 348 Å². The molecular formula is C101H96Br3N5O3. The van der Waals surface area contributed by atoms with Crippen molar-refractivity contribution in [1.82, 2.24) is 9.97 Å². The molecular weight excluding hydrogens is 1570 g/mol. The van der Waals surface area contributed by atoms with Gasteiger partial charge in [-0.05, 0) is 203 Å². The molecule has 564 valence electrons. The minimum atomic E-state index is -0.143. The number of carbonyl (C=O) groups excluding carboxylic acids is 3. The highest BCUT2D eigenvalue weighted by atomic mass is 79.9. The summed E-state index contributed by atoms with van der Waals surface area (Å²) in [6, 6.07) is 91.9. The molecule has 0 unspecified atom stereocenters. The van der Waals surface area contributed by atoms with Crippen molar-refractivity contribution in [2.24, 2.45) is 0 Å². The second kappa shape index (κ2) is 32.6. The predicted octanol–water partition coefficient (Wildman–Crippen LogP) is 27.4. The molecule has 8 nitrogen and oxygen atoms in total. The summed E-state index contributed by atoms with van der Waals surface area (Å²) in [4.78, 5) is 49.6. The van der Waals surface area contributed by atoms with E-state index in [4.69, 9.17) is 27.2 Å². The summed E-state index contributed by atoms with van der Waals surface area (Å²) in [6.07, 6.45) is 0. The molecule has 14 rings (SSSR count). The quantitative estimate of drug-likeness (QED) is 0.0807. The van der Waals surface area contributed by atoms with Gasteiger partial charge in [-0.25, -0.2) is 9.97 Å². The highest BCUT2D eigenvalue weighted by Crippen LogP contribution is 2.41. The number of hydrogen-bond acceptors (Lipinski definition) is 8. The lowest BCUT2D eigenvalue weighted by Gasteiger charge is -2.20. The van der Waals surface area contributed by atoms with Crippen molar-refractivity contribution < 1.29 is 14.4 Å². The Bertz CT molecular complexity index is 5530. The van der Waals surface area contributed by atoms with Crippen molar-refractivity contribution in [2.75, 3.05) is 17.2 Å². The topological polar surface area (TPSA) is 155 Å². The number of benzene rings is 12. The Kier molecular flexibility index (Phi) is 23.5. The number of ketones is 3. The second-order valence-corrected chi connectivity index (χ2v) is 36.8. The highest BCUT2D eigenvalue weighted by Gasteiger charge is 2.24. The Morgan fingerprint density at radius 1 is 0.250 bits per heavy atom. The van der Waals surface area contributed by atoms with Gasteiger partial charge in [-0.1, -0.05) is 322 Å². The fraction of sp³-hybridized carbons (Fsp3) is 0.198. The summed E-state index contributed by atoms with van der Waals surface area (Å²) in [5.74, 6) is -0.338. The van der Waals surface area contributed by atoms with Gasteiger partial charge in [0.05, 0.1) is 22.4 Å². The van der Waals surface area contributed by atoms with Crippen molar-refractivity contribution >= 4 is 104 Å². The van der Waals surface area contributed by atoms with E-state index >= 15 is 0 Å². The van der Waals surface area contributed by atoms with Crippen molar-refractivity contribution in [1.29, 1.82) is 0 Å². The molecule has 12 aromatic carbocycles. The monoisotopic (exact) mass is 1660 g/mol. The molecule has 112 heavy (non-hydrogen) atoms. The zero-order valence-corrected chi connectivity index (χ0v) is 71.2. The van der Waals surface area contributed by atoms with Crippen LogP contribution in [0.3, 0.4) is 0 Å². The first-order chi connectivity index (χ1) is 52.8. The van der Waals surface area contributed by atoms with Crippen molar-refractivity contribution in [3.8, 4) is 67.0 Å². The lowest BCUT2D eigenvalue weighted by molar-refractivity contribution is 0.103. The van der Waals surface area contributed by atoms with E-state index in [1.807, 2.05) is 91.0 Å². The molecule has 0 bridgehead atoms. The number of fused-ring (bicyclic) bond motifs is 2. The van der Waals surface area contributed by atoms with Gasteiger partial charge in [0.25, 0.3) is 0 Å². The third-order valence-corrected chi connectivity index (χ3v) is 22.1. The van der Waals surface area contributed by atoms with Crippen molar-refractivity contribution in [2.45, 2.75) is 131 Å². The molecule has 0 aliphatic heterocycles. The van der Waals surface area contributed by atoms with E-state index < -0.39 is 0 Å². The number of carbonyl (C=O) groups is 3. The van der Waals surface area contributed by atoms with E-state index in [2.05, 4.69) is 297 Å². The predicted molar refractivity (Wildman–Crippen MR) is 482 cm³/mol. The maximum atomic E-state index is 13.4. The number of nitrogens with zero attached hydrogens (tertiary/aromatic N) is 2. The zero-order valence-electron chi connectivity index (χ0n) is 66.5. The first-order valence-corrected chi connectivity index (χ1v) is 40.2. The Hall–Kier alpha value is -10.7. The smallest absolute Gasteiger partial charge is 0.195 e. The molecule has 0 atom stereocenters. The fourth-order valence-electron chi connectivity index (χ4n) is 13.5. The van der Waals surface area contributed by atoms with E-state index in [9.17, 15) is 14.4 Å². The van der Waals surface area contributed by atoms with Gasteiger partial charge < -0.3 is 17.2 Å². The zero-order chi connectivity index (χ0) is 80.5. The number of aromatic nitrogens is 2. The number of nitrogen functional groups attached to an aromatic ring is 3. The van der Waals surface area contributed by atoms with Crippen LogP contribution in [0.2, 0.25) is 0 Å². The molecule has 0 amide bonds. The van der Waals surface area contributed by atoms with Gasteiger partial charge in [-0.2, -0.15) is 0 Å². The average molecular weight is 1670 g/mol. The van der Waals surface area contributed by atoms with Crippen LogP contribution in [0.4, 0.5) is 17.1 Å². The summed E-state index contributed by atoms with van der Waals surface area (Å²) in [5, 5.41) is 2.25. The maximum Gasteiger partial charge on any atom is 0.195 e. The van der Waals surface area contributed by atoms with Crippen LogP contribution >= 0.6 is 47.8 Å². The van der Waals surface area contributed by atoms with Crippen LogP contribution in [0.15, 0.2) is 286 Å². The summed E-state index contributed by atoms with van der Waals surface area (Å²) >= 11 is 10.6. The molecule has 0 radical (unpaired) electrons. The maximum absolute atomic E-state index is 13.4. The molecule has 0 spiro atoms. The standard InChI is InChI=1S/C50H42Br2N2.C34H36N2O2.C17H18BrNO/c1-49(2,3)37-17-7-31(8-18-37)41-29-47(33-11-21-39(51)22-12-33)53-45-25-15-35(27-43(41)45)36-16-26-46-44(28-36)42(32-9-19-38(20-10-32)50(4,5)6)30-48(54-46)34-13-23-40(52)24-14-34;1-33(2,3)25-13-7-21(8-14-25)31(37)27-19-23(11-17-29(27)35)24-12-18-30(36)28(20-24)32(38)22-9-15-26(16-10-22)34(4,5)6;1-17(2,3)12-6-4-11(5-7-12)16(20)14-10-13(18)8-9-15(14)19/h7-30H,1-6H3;7-20H,35-36H2,1-6H3;4-10H,19H2,1-3H3. The van der Waals surface area contributed by atoms with Gasteiger partial charge >= 0.3 is 0 Å². The minimum Gasteiger partial charge on any atom is -0.398 e. The van der Waals surface area contributed by atoms with Crippen LogP contribution in [-0.2, 0) is 27.1 Å². The first kappa shape index (κ1) is 80.8. The Morgan fingerprint density at radius 2 is 0.482 bits per heavy atom. The molecule has 14 aromatic rings. The van der Waals surface area contributed by atoms with Gasteiger partial charge in [0.2, 0.25) is 0 Å². The van der Waals surface area contributed by atoms with E-state index in [-0.39, 0.29) is 44.4 Å². The highest BCUT2D eigenvalue weighted by molar-refractivity contribution is 9.11. The number of rotatable bonds is 12. The van der Waals surface area contributed by atoms with Crippen LogP contribution in [0, 0.1) is 0 Å². The summed E-state index contributed by atoms with van der Waals surface area (Å²) in [7, 11) is 0. The minimum absolute atomic E-state index is 0.000547. The van der Waals surface area contributed by atoms with Crippen molar-refractivity contribution in [3.63, 3.8) is 0 Å². The second-order valence-electron chi connectivity index (χ2n) is 34.0. The first-order valence-electron chi connectivity index (χ1n) is 37.8. The summed E-state index contributed by atoms with van der Waals surface area (Å²) in [6.45, 7) is 32.8. The number of pyridine rings is 2. The van der Waals surface area contributed by atoms with Crippen LogP contribution < -0.4 is 17.2 Å². The number of anilines is 3. The fourth-order valence-corrected chi connectivity index (χ4v) is 14.4. The lowest BCUT2D eigenvalue weighted by Crippen LogP contribution is -2.12. The lowest BCUT2D eigenvalue weighted by atomic mass is 9.85. The Morgan fingerprint density at radius 3 is 0.777 bits per heavy atom. The largest absolute Gasteiger partial charge is 0.398 e. The molecule has 2 heterocycles. The number of nitrogens with two attached hydrogens (primary N) is 3. The van der Waals surface area contributed by atoms with Crippen LogP contribution in [0.1, 0.15) is 179 Å². The normalized spacial score (nSPS) is 11.9. The molecule has 2 aromatic heterocycles. The number of halogens is 3. The third-order valence-electron chi connectivity index (χ3n) is 20.6. The van der Waals surface area contributed by atoms with Crippen LogP contribution in [-0.4, -0.2) is 27.3 Å². The van der Waals surface area contributed by atoms with Gasteiger partial charge in [0, 0.05) is 85.8 Å².